The zero-order chi connectivity index (χ0) is 13.5. The summed E-state index contributed by atoms with van der Waals surface area (Å²) in [6.45, 7) is 4.45. The van der Waals surface area contributed by atoms with Gasteiger partial charge in [-0.3, -0.25) is 0 Å². The van der Waals surface area contributed by atoms with Crippen LogP contribution in [-0.4, -0.2) is 37.8 Å². The van der Waals surface area contributed by atoms with E-state index in [-0.39, 0.29) is 5.84 Å². The lowest BCUT2D eigenvalue weighted by atomic mass is 10.2. The molecular weight excluding hydrogens is 298 g/mol. The van der Waals surface area contributed by atoms with Gasteiger partial charge in [0.1, 0.15) is 0 Å². The molecule has 0 radical (unpaired) electrons. The molecule has 3 N–H and O–H groups in total. The van der Waals surface area contributed by atoms with Crippen LogP contribution in [0.3, 0.4) is 0 Å². The fourth-order valence-electron chi connectivity index (χ4n) is 1.63. The van der Waals surface area contributed by atoms with E-state index in [1.54, 1.807) is 7.11 Å². The van der Waals surface area contributed by atoms with Crippen molar-refractivity contribution in [1.82, 2.24) is 0 Å². The monoisotopic (exact) mass is 315 g/mol. The first-order valence-electron chi connectivity index (χ1n) is 5.65. The minimum atomic E-state index is 0.0992. The number of amidine groups is 1. The third kappa shape index (κ3) is 3.61. The average molecular weight is 316 g/mol. The Morgan fingerprint density at radius 2 is 2.28 bits per heavy atom. The standard InChI is InChI=1S/C12H18BrN3O2/c1-3-16(6-7-18-2)11-5-4-9(8-10(11)13)12(14)15-17/h4-5,8,17H,3,6-7H2,1-2H3,(H2,14,15). The van der Waals surface area contributed by atoms with Gasteiger partial charge in [0.05, 0.1) is 12.3 Å². The zero-order valence-corrected chi connectivity index (χ0v) is 12.1. The second-order valence-corrected chi connectivity index (χ2v) is 4.58. The number of hydrogen-bond donors (Lipinski definition) is 2. The lowest BCUT2D eigenvalue weighted by Crippen LogP contribution is -2.27. The van der Waals surface area contributed by atoms with Gasteiger partial charge in [0.15, 0.2) is 5.84 Å². The Bertz CT molecular complexity index is 424. The van der Waals surface area contributed by atoms with Crippen molar-refractivity contribution in [2.45, 2.75) is 6.92 Å². The highest BCUT2D eigenvalue weighted by molar-refractivity contribution is 9.10. The number of methoxy groups -OCH3 is 1. The Labute approximate surface area is 115 Å². The van der Waals surface area contributed by atoms with Crippen molar-refractivity contribution in [3.8, 4) is 0 Å². The molecule has 1 rings (SSSR count). The first kappa shape index (κ1) is 14.8. The molecule has 18 heavy (non-hydrogen) atoms. The summed E-state index contributed by atoms with van der Waals surface area (Å²) in [4.78, 5) is 2.18. The molecular formula is C12H18BrN3O2. The molecule has 0 unspecified atom stereocenters. The van der Waals surface area contributed by atoms with E-state index in [0.29, 0.717) is 12.2 Å². The van der Waals surface area contributed by atoms with E-state index in [4.69, 9.17) is 15.7 Å². The van der Waals surface area contributed by atoms with Gasteiger partial charge < -0.3 is 20.6 Å². The molecule has 6 heteroatoms. The summed E-state index contributed by atoms with van der Waals surface area (Å²) in [5.74, 6) is 0.0992. The van der Waals surface area contributed by atoms with Crippen LogP contribution in [0.4, 0.5) is 5.69 Å². The summed E-state index contributed by atoms with van der Waals surface area (Å²) in [5.41, 5.74) is 7.28. The molecule has 0 heterocycles. The topological polar surface area (TPSA) is 71.1 Å². The third-order valence-electron chi connectivity index (χ3n) is 2.64. The highest BCUT2D eigenvalue weighted by Crippen LogP contribution is 2.27. The lowest BCUT2D eigenvalue weighted by molar-refractivity contribution is 0.205. The number of rotatable bonds is 6. The largest absolute Gasteiger partial charge is 0.409 e. The number of nitrogens with zero attached hydrogens (tertiary/aromatic N) is 2. The van der Waals surface area contributed by atoms with Gasteiger partial charge in [-0.15, -0.1) is 0 Å². The Kier molecular flexibility index (Phi) is 5.94. The van der Waals surface area contributed by atoms with Crippen LogP contribution in [0.25, 0.3) is 0 Å². The number of nitrogens with two attached hydrogens (primary N) is 1. The number of hydrogen-bond acceptors (Lipinski definition) is 4. The van der Waals surface area contributed by atoms with Crippen LogP contribution < -0.4 is 10.6 Å². The Morgan fingerprint density at radius 3 is 2.78 bits per heavy atom. The molecule has 0 aromatic heterocycles. The van der Waals surface area contributed by atoms with Crippen molar-refractivity contribution < 1.29 is 9.94 Å². The normalized spacial score (nSPS) is 11.6. The molecule has 100 valence electrons. The molecule has 1 aromatic carbocycles. The van der Waals surface area contributed by atoms with Gasteiger partial charge in [-0.05, 0) is 41.1 Å². The van der Waals surface area contributed by atoms with E-state index in [2.05, 4.69) is 32.9 Å². The van der Waals surface area contributed by atoms with Crippen LogP contribution in [0.2, 0.25) is 0 Å². The molecule has 0 saturated heterocycles. The summed E-state index contributed by atoms with van der Waals surface area (Å²) in [6.07, 6.45) is 0. The Hall–Kier alpha value is -1.27. The van der Waals surface area contributed by atoms with Crippen molar-refractivity contribution in [3.63, 3.8) is 0 Å². The van der Waals surface area contributed by atoms with E-state index in [9.17, 15) is 0 Å². The molecule has 0 atom stereocenters. The summed E-state index contributed by atoms with van der Waals surface area (Å²) >= 11 is 3.50. The number of benzene rings is 1. The first-order valence-corrected chi connectivity index (χ1v) is 6.44. The highest BCUT2D eigenvalue weighted by atomic mass is 79.9. The number of anilines is 1. The van der Waals surface area contributed by atoms with Crippen molar-refractivity contribution in [3.05, 3.63) is 28.2 Å². The lowest BCUT2D eigenvalue weighted by Gasteiger charge is -2.24. The summed E-state index contributed by atoms with van der Waals surface area (Å²) < 4.78 is 5.99. The predicted molar refractivity (Wildman–Crippen MR) is 76.4 cm³/mol. The van der Waals surface area contributed by atoms with Crippen molar-refractivity contribution >= 4 is 27.5 Å². The van der Waals surface area contributed by atoms with Gasteiger partial charge in [0.25, 0.3) is 0 Å². The SMILES string of the molecule is CCN(CCOC)c1ccc(/C(N)=N/O)cc1Br. The molecule has 0 spiro atoms. The minimum absolute atomic E-state index is 0.0992. The van der Waals surface area contributed by atoms with Gasteiger partial charge >= 0.3 is 0 Å². The van der Waals surface area contributed by atoms with Crippen LogP contribution in [0, 0.1) is 0 Å². The number of halogens is 1. The van der Waals surface area contributed by atoms with Gasteiger partial charge in [-0.1, -0.05) is 5.16 Å². The second kappa shape index (κ2) is 7.23. The van der Waals surface area contributed by atoms with E-state index in [1.807, 2.05) is 18.2 Å². The highest BCUT2D eigenvalue weighted by Gasteiger charge is 2.10. The van der Waals surface area contributed by atoms with Gasteiger partial charge in [0, 0.05) is 30.2 Å². The summed E-state index contributed by atoms with van der Waals surface area (Å²) in [6, 6.07) is 5.60. The predicted octanol–water partition coefficient (Wildman–Crippen LogP) is 2.02. The fourth-order valence-corrected chi connectivity index (χ4v) is 2.26. The molecule has 0 aliphatic rings. The molecule has 0 bridgehead atoms. The van der Waals surface area contributed by atoms with Crippen molar-refractivity contribution in [2.24, 2.45) is 10.9 Å². The van der Waals surface area contributed by atoms with E-state index in [0.717, 1.165) is 23.2 Å². The number of oxime groups is 1. The maximum atomic E-state index is 8.64. The fraction of sp³-hybridized carbons (Fsp3) is 0.417. The van der Waals surface area contributed by atoms with E-state index < -0.39 is 0 Å². The molecule has 0 amide bonds. The summed E-state index contributed by atoms with van der Waals surface area (Å²) in [5, 5.41) is 11.6. The van der Waals surface area contributed by atoms with Crippen LogP contribution in [0.15, 0.2) is 27.8 Å². The molecule has 0 saturated carbocycles. The number of likely N-dealkylation sites (N-methyl/N-ethyl adjacent to an activating group) is 1. The minimum Gasteiger partial charge on any atom is -0.409 e. The second-order valence-electron chi connectivity index (χ2n) is 3.72. The van der Waals surface area contributed by atoms with Crippen molar-refractivity contribution in [2.75, 3.05) is 31.7 Å². The molecule has 0 fully saturated rings. The van der Waals surface area contributed by atoms with E-state index >= 15 is 0 Å². The Morgan fingerprint density at radius 1 is 1.56 bits per heavy atom. The molecule has 0 aliphatic heterocycles. The molecule has 1 aromatic rings. The van der Waals surface area contributed by atoms with Crippen LogP contribution in [0.1, 0.15) is 12.5 Å². The zero-order valence-electron chi connectivity index (χ0n) is 10.6. The van der Waals surface area contributed by atoms with Gasteiger partial charge in [0.2, 0.25) is 0 Å². The third-order valence-corrected chi connectivity index (χ3v) is 3.27. The maximum Gasteiger partial charge on any atom is 0.170 e. The average Bonchev–Trinajstić information content (AvgIpc) is 2.40. The molecule has 0 aliphatic carbocycles. The maximum absolute atomic E-state index is 8.64. The van der Waals surface area contributed by atoms with Crippen LogP contribution in [0.5, 0.6) is 0 Å². The van der Waals surface area contributed by atoms with Gasteiger partial charge in [-0.25, -0.2) is 0 Å². The van der Waals surface area contributed by atoms with E-state index in [1.165, 1.54) is 0 Å². The first-order chi connectivity index (χ1) is 8.63. The van der Waals surface area contributed by atoms with Crippen LogP contribution in [-0.2, 0) is 4.74 Å². The quantitative estimate of drug-likeness (QED) is 0.364. The van der Waals surface area contributed by atoms with Crippen LogP contribution >= 0.6 is 15.9 Å². The summed E-state index contributed by atoms with van der Waals surface area (Å²) in [7, 11) is 1.68. The molecule has 5 nitrogen and oxygen atoms in total. The van der Waals surface area contributed by atoms with Gasteiger partial charge in [-0.2, -0.15) is 0 Å². The number of ether oxygens (including phenoxy) is 1. The van der Waals surface area contributed by atoms with Crippen molar-refractivity contribution in [1.29, 1.82) is 0 Å². The Balaban J connectivity index is 2.96. The smallest absolute Gasteiger partial charge is 0.170 e.